The van der Waals surface area contributed by atoms with Gasteiger partial charge in [0.1, 0.15) is 5.52 Å². The minimum atomic E-state index is 0.141. The van der Waals surface area contributed by atoms with Crippen molar-refractivity contribution in [3.63, 3.8) is 0 Å². The molecule has 3 nitrogen and oxygen atoms in total. The minimum Gasteiger partial charge on any atom is -0.294 e. The first-order valence-corrected chi connectivity index (χ1v) is 4.71. The van der Waals surface area contributed by atoms with E-state index >= 15 is 0 Å². The van der Waals surface area contributed by atoms with Crippen LogP contribution >= 0.6 is 0 Å². The van der Waals surface area contributed by atoms with Crippen LogP contribution in [0.1, 0.15) is 29.4 Å². The Hall–Kier alpha value is -1.64. The van der Waals surface area contributed by atoms with E-state index < -0.39 is 0 Å². The summed E-state index contributed by atoms with van der Waals surface area (Å²) in [7, 11) is 0. The van der Waals surface area contributed by atoms with E-state index in [2.05, 4.69) is 10.2 Å². The highest BCUT2D eigenvalue weighted by molar-refractivity contribution is 6.06. The summed E-state index contributed by atoms with van der Waals surface area (Å²) in [4.78, 5) is 11.6. The molecule has 1 aromatic heterocycles. The molecule has 2 rings (SSSR count). The van der Waals surface area contributed by atoms with E-state index in [1.54, 1.807) is 0 Å². The molecular formula is C11H12N2O. The van der Waals surface area contributed by atoms with Crippen molar-refractivity contribution in [3.8, 4) is 0 Å². The van der Waals surface area contributed by atoms with Gasteiger partial charge in [-0.25, -0.2) is 0 Å². The second-order valence-corrected chi connectivity index (χ2v) is 3.33. The number of aryl methyl sites for hydroxylation is 1. The summed E-state index contributed by atoms with van der Waals surface area (Å²) in [5.74, 6) is 0.141. The molecule has 0 radical (unpaired) electrons. The van der Waals surface area contributed by atoms with E-state index in [9.17, 15) is 4.79 Å². The number of hydrogen-bond donors (Lipinski definition) is 1. The van der Waals surface area contributed by atoms with E-state index in [4.69, 9.17) is 0 Å². The van der Waals surface area contributed by atoms with Crippen LogP contribution in [0.3, 0.4) is 0 Å². The summed E-state index contributed by atoms with van der Waals surface area (Å²) in [6.07, 6.45) is 0.519. The molecule has 0 bridgehead atoms. The Morgan fingerprint density at radius 2 is 2.29 bits per heavy atom. The number of Topliss-reactive ketones (excluding diaryl/α,β-unsaturated/α-hetero) is 1. The summed E-state index contributed by atoms with van der Waals surface area (Å²) < 4.78 is 0. The molecule has 0 aliphatic rings. The number of nitrogens with one attached hydrogen (secondary N) is 1. The first kappa shape index (κ1) is 8.94. The van der Waals surface area contributed by atoms with Gasteiger partial charge in [-0.1, -0.05) is 19.1 Å². The number of ketones is 1. The van der Waals surface area contributed by atoms with Gasteiger partial charge in [-0.15, -0.1) is 0 Å². The molecule has 0 amide bonds. The molecule has 1 heterocycles. The van der Waals surface area contributed by atoms with E-state index in [1.165, 1.54) is 0 Å². The number of aromatic amines is 1. The standard InChI is InChI=1S/C11H12N2O/c1-3-10(14)9-6-4-5-8-7(2)12-13-11(8)9/h4-6H,3H2,1-2H3,(H,12,13). The Kier molecular flexibility index (Phi) is 2.08. The largest absolute Gasteiger partial charge is 0.294 e. The number of para-hydroxylation sites is 1. The Labute approximate surface area is 82.1 Å². The van der Waals surface area contributed by atoms with Crippen LogP contribution in [-0.2, 0) is 0 Å². The van der Waals surface area contributed by atoms with Crippen LogP contribution in [-0.4, -0.2) is 16.0 Å². The van der Waals surface area contributed by atoms with Gasteiger partial charge in [-0.2, -0.15) is 5.10 Å². The zero-order valence-electron chi connectivity index (χ0n) is 8.29. The molecule has 0 atom stereocenters. The molecule has 0 aliphatic heterocycles. The van der Waals surface area contributed by atoms with E-state index in [1.807, 2.05) is 32.0 Å². The lowest BCUT2D eigenvalue weighted by Gasteiger charge is -1.98. The van der Waals surface area contributed by atoms with Crippen molar-refractivity contribution in [2.75, 3.05) is 0 Å². The van der Waals surface area contributed by atoms with Gasteiger partial charge < -0.3 is 0 Å². The van der Waals surface area contributed by atoms with Crippen LogP contribution in [0.5, 0.6) is 0 Å². The molecule has 1 N–H and O–H groups in total. The first-order chi connectivity index (χ1) is 6.74. The van der Waals surface area contributed by atoms with Crippen molar-refractivity contribution in [2.24, 2.45) is 0 Å². The molecule has 72 valence electrons. The third-order valence-electron chi connectivity index (χ3n) is 2.40. The molecule has 0 saturated heterocycles. The summed E-state index contributed by atoms with van der Waals surface area (Å²) in [5.41, 5.74) is 2.51. The van der Waals surface area contributed by atoms with Gasteiger partial charge in [-0.3, -0.25) is 9.89 Å². The molecule has 1 aromatic carbocycles. The molecule has 2 aromatic rings. The molecule has 0 aliphatic carbocycles. The van der Waals surface area contributed by atoms with Crippen LogP contribution < -0.4 is 0 Å². The van der Waals surface area contributed by atoms with Crippen molar-refractivity contribution >= 4 is 16.7 Å². The molecular weight excluding hydrogens is 176 g/mol. The van der Waals surface area contributed by atoms with Gasteiger partial charge in [-0.05, 0) is 13.0 Å². The third kappa shape index (κ3) is 1.21. The lowest BCUT2D eigenvalue weighted by atomic mass is 10.1. The van der Waals surface area contributed by atoms with Crippen LogP contribution in [0.4, 0.5) is 0 Å². The van der Waals surface area contributed by atoms with Gasteiger partial charge in [0, 0.05) is 23.1 Å². The Balaban J connectivity index is 2.71. The van der Waals surface area contributed by atoms with Gasteiger partial charge >= 0.3 is 0 Å². The van der Waals surface area contributed by atoms with Gasteiger partial charge in [0.2, 0.25) is 0 Å². The zero-order chi connectivity index (χ0) is 10.1. The molecule has 3 heteroatoms. The number of fused-ring (bicyclic) bond motifs is 1. The maximum absolute atomic E-state index is 11.6. The Morgan fingerprint density at radius 3 is 3.00 bits per heavy atom. The molecule has 0 unspecified atom stereocenters. The van der Waals surface area contributed by atoms with Gasteiger partial charge in [0.05, 0.1) is 0 Å². The quantitative estimate of drug-likeness (QED) is 0.736. The second-order valence-electron chi connectivity index (χ2n) is 3.33. The van der Waals surface area contributed by atoms with E-state index in [-0.39, 0.29) is 5.78 Å². The number of benzene rings is 1. The van der Waals surface area contributed by atoms with Crippen LogP contribution in [0, 0.1) is 6.92 Å². The van der Waals surface area contributed by atoms with Gasteiger partial charge in [0.15, 0.2) is 5.78 Å². The smallest absolute Gasteiger partial charge is 0.164 e. The summed E-state index contributed by atoms with van der Waals surface area (Å²) in [6.45, 7) is 3.82. The van der Waals surface area contributed by atoms with Crippen molar-refractivity contribution in [1.82, 2.24) is 10.2 Å². The fraction of sp³-hybridized carbons (Fsp3) is 0.273. The van der Waals surface area contributed by atoms with E-state index in [0.717, 1.165) is 16.6 Å². The van der Waals surface area contributed by atoms with Gasteiger partial charge in [0.25, 0.3) is 0 Å². The molecule has 14 heavy (non-hydrogen) atoms. The van der Waals surface area contributed by atoms with Crippen LogP contribution in [0.2, 0.25) is 0 Å². The monoisotopic (exact) mass is 188 g/mol. The van der Waals surface area contributed by atoms with Crippen molar-refractivity contribution in [1.29, 1.82) is 0 Å². The summed E-state index contributed by atoms with van der Waals surface area (Å²) in [5, 5.41) is 8.07. The topological polar surface area (TPSA) is 45.8 Å². The number of hydrogen-bond acceptors (Lipinski definition) is 2. The maximum Gasteiger partial charge on any atom is 0.164 e. The van der Waals surface area contributed by atoms with Crippen molar-refractivity contribution in [2.45, 2.75) is 20.3 Å². The van der Waals surface area contributed by atoms with Crippen molar-refractivity contribution in [3.05, 3.63) is 29.5 Å². The minimum absolute atomic E-state index is 0.141. The summed E-state index contributed by atoms with van der Waals surface area (Å²) >= 11 is 0. The number of rotatable bonds is 2. The number of carbonyl (C=O) groups is 1. The molecule has 0 saturated carbocycles. The van der Waals surface area contributed by atoms with Crippen molar-refractivity contribution < 1.29 is 4.79 Å². The van der Waals surface area contributed by atoms with Crippen LogP contribution in [0.25, 0.3) is 10.9 Å². The third-order valence-corrected chi connectivity index (χ3v) is 2.40. The number of H-pyrrole nitrogens is 1. The SMILES string of the molecule is CCC(=O)c1cccc2c(C)[nH]nc12. The molecule has 0 spiro atoms. The van der Waals surface area contributed by atoms with E-state index in [0.29, 0.717) is 12.0 Å². The second kappa shape index (κ2) is 3.25. The predicted molar refractivity (Wildman–Crippen MR) is 55.5 cm³/mol. The molecule has 0 fully saturated rings. The predicted octanol–water partition coefficient (Wildman–Crippen LogP) is 2.46. The normalized spacial score (nSPS) is 10.7. The maximum atomic E-state index is 11.6. The number of aromatic nitrogens is 2. The lowest BCUT2D eigenvalue weighted by Crippen LogP contribution is -1.97. The average molecular weight is 188 g/mol. The zero-order valence-corrected chi connectivity index (χ0v) is 8.29. The lowest BCUT2D eigenvalue weighted by molar-refractivity contribution is 0.0989. The fourth-order valence-electron chi connectivity index (χ4n) is 1.58. The Morgan fingerprint density at radius 1 is 1.50 bits per heavy atom. The highest BCUT2D eigenvalue weighted by Crippen LogP contribution is 2.19. The fourth-order valence-corrected chi connectivity index (χ4v) is 1.58. The number of nitrogens with zero attached hydrogens (tertiary/aromatic N) is 1. The average Bonchev–Trinajstić information content (AvgIpc) is 2.59. The number of carbonyl (C=O) groups excluding carboxylic acids is 1. The Bertz CT molecular complexity index is 485. The first-order valence-electron chi connectivity index (χ1n) is 4.71. The highest BCUT2D eigenvalue weighted by atomic mass is 16.1. The highest BCUT2D eigenvalue weighted by Gasteiger charge is 2.10. The summed E-state index contributed by atoms with van der Waals surface area (Å²) in [6, 6.07) is 5.70. The van der Waals surface area contributed by atoms with Crippen LogP contribution in [0.15, 0.2) is 18.2 Å².